The number of likely N-dealkylation sites (tertiary alicyclic amines) is 1. The van der Waals surface area contributed by atoms with Crippen molar-refractivity contribution in [2.45, 2.75) is 55.9 Å². The number of nitriles is 1. The van der Waals surface area contributed by atoms with E-state index in [-0.39, 0.29) is 24.4 Å². The fourth-order valence-corrected chi connectivity index (χ4v) is 5.33. The second-order valence-electron chi connectivity index (χ2n) is 10.0. The maximum atomic E-state index is 14.5. The minimum Gasteiger partial charge on any atom is -0.368 e. The van der Waals surface area contributed by atoms with E-state index in [2.05, 4.69) is 10.6 Å². The molecular weight excluding hydrogens is 523 g/mol. The van der Waals surface area contributed by atoms with Gasteiger partial charge < -0.3 is 15.5 Å². The summed E-state index contributed by atoms with van der Waals surface area (Å²) in [5.74, 6) is -5.22. The van der Waals surface area contributed by atoms with Crippen molar-refractivity contribution in [1.82, 2.24) is 15.5 Å². The third-order valence-electron chi connectivity index (χ3n) is 7.22. The molecule has 8 nitrogen and oxygen atoms in total. The number of dihydropyridines is 1. The Morgan fingerprint density at radius 3 is 2.58 bits per heavy atom. The van der Waals surface area contributed by atoms with Gasteiger partial charge in [-0.05, 0) is 48.5 Å². The van der Waals surface area contributed by atoms with Gasteiger partial charge in [0, 0.05) is 31.0 Å². The van der Waals surface area contributed by atoms with Crippen LogP contribution in [0.3, 0.4) is 0 Å². The van der Waals surface area contributed by atoms with Crippen molar-refractivity contribution in [3.05, 3.63) is 89.9 Å². The molecule has 1 saturated carbocycles. The predicted octanol–water partition coefficient (Wildman–Crippen LogP) is 3.70. The molecule has 2 aromatic rings. The number of nitrogens with one attached hydrogen (secondary N) is 2. The van der Waals surface area contributed by atoms with Gasteiger partial charge in [0.25, 0.3) is 11.8 Å². The first-order chi connectivity index (χ1) is 19.2. The van der Waals surface area contributed by atoms with Crippen molar-refractivity contribution in [1.29, 1.82) is 5.26 Å². The van der Waals surface area contributed by atoms with E-state index in [1.165, 1.54) is 41.5 Å². The number of amides is 3. The van der Waals surface area contributed by atoms with Gasteiger partial charge in [0.05, 0.1) is 11.6 Å². The monoisotopic (exact) mass is 549 g/mol. The number of carbonyl (C=O) groups is 3. The van der Waals surface area contributed by atoms with Gasteiger partial charge in [-0.25, -0.2) is 13.2 Å². The Morgan fingerprint density at radius 1 is 1.15 bits per heavy atom. The van der Waals surface area contributed by atoms with Crippen molar-refractivity contribution >= 4 is 23.4 Å². The zero-order valence-electron chi connectivity index (χ0n) is 21.3. The molecule has 1 aliphatic carbocycles. The van der Waals surface area contributed by atoms with E-state index in [0.717, 1.165) is 11.0 Å². The Kier molecular flexibility index (Phi) is 7.34. The Bertz CT molecular complexity index is 1410. The van der Waals surface area contributed by atoms with Crippen LogP contribution in [-0.2, 0) is 14.4 Å². The zero-order valence-corrected chi connectivity index (χ0v) is 21.3. The van der Waals surface area contributed by atoms with Gasteiger partial charge in [-0.1, -0.05) is 36.4 Å². The van der Waals surface area contributed by atoms with Crippen LogP contribution in [0.4, 0.5) is 18.9 Å². The predicted molar refractivity (Wildman–Crippen MR) is 139 cm³/mol. The van der Waals surface area contributed by atoms with E-state index in [1.807, 2.05) is 6.07 Å². The maximum Gasteiger partial charge on any atom is 0.252 e. The first kappa shape index (κ1) is 27.0. The van der Waals surface area contributed by atoms with Crippen LogP contribution in [-0.4, -0.2) is 46.8 Å². The van der Waals surface area contributed by atoms with Gasteiger partial charge in [0.15, 0.2) is 0 Å². The van der Waals surface area contributed by atoms with Crippen molar-refractivity contribution in [2.75, 3.05) is 4.90 Å². The molecule has 206 valence electrons. The van der Waals surface area contributed by atoms with Crippen molar-refractivity contribution in [2.24, 2.45) is 0 Å². The second-order valence-corrected chi connectivity index (χ2v) is 10.0. The molecule has 0 radical (unpaired) electrons. The second kappa shape index (κ2) is 10.9. The van der Waals surface area contributed by atoms with Crippen LogP contribution >= 0.6 is 0 Å². The van der Waals surface area contributed by atoms with Crippen LogP contribution in [0.15, 0.2) is 78.5 Å². The molecule has 3 amide bonds. The van der Waals surface area contributed by atoms with Crippen molar-refractivity contribution in [3.8, 4) is 6.07 Å². The lowest BCUT2D eigenvalue weighted by molar-refractivity contribution is -0.137. The molecule has 0 spiro atoms. The smallest absolute Gasteiger partial charge is 0.252 e. The number of nitrogens with zero attached hydrogens (tertiary/aromatic N) is 3. The number of halogens is 3. The average Bonchev–Trinajstić information content (AvgIpc) is 3.32. The number of benzene rings is 2. The zero-order chi connectivity index (χ0) is 28.4. The highest BCUT2D eigenvalue weighted by Crippen LogP contribution is 2.39. The minimum atomic E-state index is -2.87. The van der Waals surface area contributed by atoms with E-state index in [4.69, 9.17) is 0 Å². The molecule has 40 heavy (non-hydrogen) atoms. The number of carbonyl (C=O) groups excluding carboxylic acids is 3. The number of hydrogen-bond donors (Lipinski definition) is 2. The Morgan fingerprint density at radius 2 is 1.90 bits per heavy atom. The number of alkyl halides is 2. The molecule has 0 aromatic heterocycles. The van der Waals surface area contributed by atoms with Gasteiger partial charge in [0.1, 0.15) is 24.1 Å². The molecule has 2 unspecified atom stereocenters. The first-order valence-electron chi connectivity index (χ1n) is 12.8. The first-order valence-corrected chi connectivity index (χ1v) is 12.8. The average molecular weight is 550 g/mol. The quantitative estimate of drug-likeness (QED) is 0.548. The molecule has 3 atom stereocenters. The highest BCUT2D eigenvalue weighted by Gasteiger charge is 2.48. The highest BCUT2D eigenvalue weighted by molar-refractivity contribution is 6.06. The van der Waals surface area contributed by atoms with E-state index < -0.39 is 60.7 Å². The molecule has 2 aromatic carbocycles. The number of rotatable bonds is 7. The van der Waals surface area contributed by atoms with Gasteiger partial charge in [-0.3, -0.25) is 19.3 Å². The summed E-state index contributed by atoms with van der Waals surface area (Å²) in [5, 5.41) is 14.9. The van der Waals surface area contributed by atoms with Crippen LogP contribution in [0.1, 0.15) is 37.3 Å². The van der Waals surface area contributed by atoms with Crippen molar-refractivity contribution in [3.63, 3.8) is 0 Å². The van der Waals surface area contributed by atoms with Crippen LogP contribution < -0.4 is 15.5 Å². The minimum absolute atomic E-state index is 0.0460. The molecule has 1 saturated heterocycles. The summed E-state index contributed by atoms with van der Waals surface area (Å²) in [6.45, 7) is 0. The summed E-state index contributed by atoms with van der Waals surface area (Å²) in [7, 11) is 0. The lowest BCUT2D eigenvalue weighted by Crippen LogP contribution is -2.57. The third-order valence-corrected chi connectivity index (χ3v) is 7.22. The van der Waals surface area contributed by atoms with Crippen LogP contribution in [0, 0.1) is 17.1 Å². The molecule has 2 aliphatic heterocycles. The van der Waals surface area contributed by atoms with Crippen LogP contribution in [0.5, 0.6) is 0 Å². The Labute approximate surface area is 228 Å². The summed E-state index contributed by atoms with van der Waals surface area (Å²) < 4.78 is 41.5. The molecule has 0 bridgehead atoms. The topological polar surface area (TPSA) is 106 Å². The van der Waals surface area contributed by atoms with Crippen LogP contribution in [0.25, 0.3) is 0 Å². The summed E-state index contributed by atoms with van der Waals surface area (Å²) in [6, 6.07) is 12.3. The van der Waals surface area contributed by atoms with Gasteiger partial charge in [-0.15, -0.1) is 0 Å². The summed E-state index contributed by atoms with van der Waals surface area (Å²) >= 11 is 0. The highest BCUT2D eigenvalue weighted by atomic mass is 19.3. The van der Waals surface area contributed by atoms with E-state index in [1.54, 1.807) is 30.3 Å². The summed E-state index contributed by atoms with van der Waals surface area (Å²) in [4.78, 5) is 43.5. The maximum absolute atomic E-state index is 14.5. The van der Waals surface area contributed by atoms with Crippen LogP contribution in [0.2, 0.25) is 0 Å². The lowest BCUT2D eigenvalue weighted by Gasteiger charge is -2.40. The Balaban J connectivity index is 1.55. The van der Waals surface area contributed by atoms with E-state index >= 15 is 0 Å². The lowest BCUT2D eigenvalue weighted by atomic mass is 9.87. The summed E-state index contributed by atoms with van der Waals surface area (Å²) in [6.07, 6.45) is 2.90. The number of anilines is 1. The van der Waals surface area contributed by atoms with Gasteiger partial charge in [-0.2, -0.15) is 5.26 Å². The normalized spacial score (nSPS) is 22.4. The molecular formula is C29H26F3N5O3. The molecule has 11 heteroatoms. The van der Waals surface area contributed by atoms with Crippen molar-refractivity contribution < 1.29 is 27.6 Å². The third kappa shape index (κ3) is 5.43. The summed E-state index contributed by atoms with van der Waals surface area (Å²) in [5.41, 5.74) is 0.748. The largest absolute Gasteiger partial charge is 0.368 e. The molecule has 2 heterocycles. The molecule has 2 fully saturated rings. The van der Waals surface area contributed by atoms with E-state index in [9.17, 15) is 32.8 Å². The standard InChI is InChI=1S/C29H26F3N5O3/c30-20-7-4-8-22(14-20)36(26(19-5-2-1-3-6-19)27(39)35-21-15-29(31,32)16-21)28(40)23-9-10-25(38)37(23)24-13-18(17-33)11-12-34-24/h1-8,11-14,21,23-24,26,34H,9-10,15-16H2,(H,35,39)/t23?,24?,26-/m0/s1. The van der Waals surface area contributed by atoms with Gasteiger partial charge >= 0.3 is 0 Å². The number of allylic oxidation sites excluding steroid dienone is 2. The molecule has 3 aliphatic rings. The fourth-order valence-electron chi connectivity index (χ4n) is 5.33. The molecule has 2 N–H and O–H groups in total. The SMILES string of the molecule is N#CC1=CC(N2C(=O)CCC2C(=O)N(c2cccc(F)c2)[C@H](C(=O)NC2CC(F)(F)C2)c2ccccc2)NC=C1. The fraction of sp³-hybridized carbons (Fsp3) is 0.310. The van der Waals surface area contributed by atoms with E-state index in [0.29, 0.717) is 11.1 Å². The Hall–Kier alpha value is -4.59. The molecule has 5 rings (SSSR count). The van der Waals surface area contributed by atoms with Gasteiger partial charge in [0.2, 0.25) is 11.8 Å². The number of hydrogen-bond acceptors (Lipinski definition) is 5.